The predicted molar refractivity (Wildman–Crippen MR) is 127 cm³/mol. The lowest BCUT2D eigenvalue weighted by atomic mass is 10.1. The van der Waals surface area contributed by atoms with E-state index in [1.807, 2.05) is 26.8 Å². The van der Waals surface area contributed by atoms with Crippen LogP contribution >= 0.6 is 0 Å². The zero-order valence-electron chi connectivity index (χ0n) is 18.3. The standard InChI is InChI=1S/C24H25N3O4S/c1-15-5-10-21(13-17(15)3)27-32(30,31)22-11-7-19(8-12-22)24(29)26-23-14-20(25-18(4)28)9-6-16(23)2/h5-14,27H,1-4H3,(H,25,28)(H,26,29). The zero-order chi connectivity index (χ0) is 23.5. The van der Waals surface area contributed by atoms with Crippen LogP contribution in [-0.2, 0) is 14.8 Å². The summed E-state index contributed by atoms with van der Waals surface area (Å²) in [6.45, 7) is 7.10. The molecule has 0 aliphatic heterocycles. The van der Waals surface area contributed by atoms with Gasteiger partial charge in [0, 0.05) is 29.5 Å². The molecule has 0 heterocycles. The summed E-state index contributed by atoms with van der Waals surface area (Å²) in [7, 11) is -3.79. The van der Waals surface area contributed by atoms with Crippen LogP contribution in [0.25, 0.3) is 0 Å². The monoisotopic (exact) mass is 451 g/mol. The molecule has 0 bridgehead atoms. The number of rotatable bonds is 6. The summed E-state index contributed by atoms with van der Waals surface area (Å²) in [5.74, 6) is -0.600. The highest BCUT2D eigenvalue weighted by Gasteiger charge is 2.16. The van der Waals surface area contributed by atoms with Crippen molar-refractivity contribution in [3.63, 3.8) is 0 Å². The molecule has 0 radical (unpaired) electrons. The third kappa shape index (κ3) is 5.53. The summed E-state index contributed by atoms with van der Waals surface area (Å²) in [6.07, 6.45) is 0. The van der Waals surface area contributed by atoms with Gasteiger partial charge in [-0.05, 0) is 86.0 Å². The maximum absolute atomic E-state index is 12.7. The number of sulfonamides is 1. The smallest absolute Gasteiger partial charge is 0.261 e. The van der Waals surface area contributed by atoms with Gasteiger partial charge in [-0.2, -0.15) is 0 Å². The van der Waals surface area contributed by atoms with Crippen molar-refractivity contribution in [3.8, 4) is 0 Å². The Morgan fingerprint density at radius 1 is 0.719 bits per heavy atom. The molecule has 0 atom stereocenters. The van der Waals surface area contributed by atoms with E-state index in [1.165, 1.54) is 31.2 Å². The Morgan fingerprint density at radius 3 is 1.97 bits per heavy atom. The fourth-order valence-corrected chi connectivity index (χ4v) is 4.09. The van der Waals surface area contributed by atoms with Crippen LogP contribution in [0.2, 0.25) is 0 Å². The summed E-state index contributed by atoms with van der Waals surface area (Å²) in [5.41, 5.74) is 4.77. The van der Waals surface area contributed by atoms with Crippen LogP contribution in [0.4, 0.5) is 17.1 Å². The van der Waals surface area contributed by atoms with Crippen molar-refractivity contribution in [2.75, 3.05) is 15.4 Å². The van der Waals surface area contributed by atoms with Crippen molar-refractivity contribution in [2.24, 2.45) is 0 Å². The van der Waals surface area contributed by atoms with Gasteiger partial charge < -0.3 is 10.6 Å². The van der Waals surface area contributed by atoms with Crippen molar-refractivity contribution in [1.29, 1.82) is 0 Å². The first-order valence-corrected chi connectivity index (χ1v) is 11.4. The summed E-state index contributed by atoms with van der Waals surface area (Å²) in [6, 6.07) is 16.2. The molecule has 3 N–H and O–H groups in total. The van der Waals surface area contributed by atoms with Crippen molar-refractivity contribution < 1.29 is 18.0 Å². The molecule has 7 nitrogen and oxygen atoms in total. The van der Waals surface area contributed by atoms with E-state index in [4.69, 9.17) is 0 Å². The van der Waals surface area contributed by atoms with E-state index in [0.717, 1.165) is 16.7 Å². The second-order valence-electron chi connectivity index (χ2n) is 7.59. The Labute approximate surface area is 187 Å². The fraction of sp³-hybridized carbons (Fsp3) is 0.167. The van der Waals surface area contributed by atoms with Crippen LogP contribution in [-0.4, -0.2) is 20.2 Å². The molecule has 0 unspecified atom stereocenters. The molecule has 0 aliphatic carbocycles. The first-order chi connectivity index (χ1) is 15.0. The summed E-state index contributed by atoms with van der Waals surface area (Å²) >= 11 is 0. The van der Waals surface area contributed by atoms with Crippen molar-refractivity contribution in [1.82, 2.24) is 0 Å². The normalized spacial score (nSPS) is 11.0. The van der Waals surface area contributed by atoms with Crippen LogP contribution in [0.3, 0.4) is 0 Å². The number of carbonyl (C=O) groups excluding carboxylic acids is 2. The van der Waals surface area contributed by atoms with Crippen molar-refractivity contribution in [2.45, 2.75) is 32.6 Å². The van der Waals surface area contributed by atoms with Crippen LogP contribution in [0.15, 0.2) is 65.6 Å². The fourth-order valence-electron chi connectivity index (χ4n) is 3.04. The zero-order valence-corrected chi connectivity index (χ0v) is 19.1. The molecule has 0 spiro atoms. The molecule has 166 valence electrons. The number of nitrogens with one attached hydrogen (secondary N) is 3. The molecule has 0 aliphatic rings. The van der Waals surface area contributed by atoms with Gasteiger partial charge in [0.2, 0.25) is 5.91 Å². The minimum atomic E-state index is -3.79. The number of amides is 2. The summed E-state index contributed by atoms with van der Waals surface area (Å²) < 4.78 is 27.9. The molecule has 0 fully saturated rings. The van der Waals surface area contributed by atoms with Crippen molar-refractivity contribution >= 4 is 38.9 Å². The summed E-state index contributed by atoms with van der Waals surface area (Å²) in [4.78, 5) is 24.0. The molecular weight excluding hydrogens is 426 g/mol. The highest BCUT2D eigenvalue weighted by atomic mass is 32.2. The maximum atomic E-state index is 12.7. The highest BCUT2D eigenvalue weighted by Crippen LogP contribution is 2.22. The topological polar surface area (TPSA) is 104 Å². The Balaban J connectivity index is 1.75. The van der Waals surface area contributed by atoms with Crippen molar-refractivity contribution in [3.05, 3.63) is 82.9 Å². The lowest BCUT2D eigenvalue weighted by molar-refractivity contribution is -0.114. The summed E-state index contributed by atoms with van der Waals surface area (Å²) in [5, 5.41) is 5.47. The third-order valence-corrected chi connectivity index (χ3v) is 6.39. The average Bonchev–Trinajstić information content (AvgIpc) is 2.72. The Bertz CT molecular complexity index is 1280. The van der Waals surface area contributed by atoms with Gasteiger partial charge >= 0.3 is 0 Å². The van der Waals surface area contributed by atoms with Gasteiger partial charge in [-0.15, -0.1) is 0 Å². The van der Waals surface area contributed by atoms with Gasteiger partial charge in [0.1, 0.15) is 0 Å². The molecule has 0 aromatic heterocycles. The van der Waals surface area contributed by atoms with E-state index in [2.05, 4.69) is 15.4 Å². The van der Waals surface area contributed by atoms with Gasteiger partial charge in [-0.3, -0.25) is 14.3 Å². The van der Waals surface area contributed by atoms with E-state index < -0.39 is 10.0 Å². The highest BCUT2D eigenvalue weighted by molar-refractivity contribution is 7.92. The van der Waals surface area contributed by atoms with E-state index in [-0.39, 0.29) is 16.7 Å². The van der Waals surface area contributed by atoms with Gasteiger partial charge in [0.15, 0.2) is 0 Å². The minimum Gasteiger partial charge on any atom is -0.326 e. The van der Waals surface area contributed by atoms with E-state index >= 15 is 0 Å². The van der Waals surface area contributed by atoms with Crippen LogP contribution in [0.5, 0.6) is 0 Å². The van der Waals surface area contributed by atoms with Gasteiger partial charge in [0.05, 0.1) is 4.90 Å². The molecule has 0 saturated carbocycles. The molecule has 3 aromatic carbocycles. The predicted octanol–water partition coefficient (Wildman–Crippen LogP) is 4.62. The van der Waals surface area contributed by atoms with Crippen LogP contribution < -0.4 is 15.4 Å². The molecule has 8 heteroatoms. The number of carbonyl (C=O) groups is 2. The second-order valence-corrected chi connectivity index (χ2v) is 9.28. The Hall–Kier alpha value is -3.65. The molecule has 3 aromatic rings. The second kappa shape index (κ2) is 9.23. The van der Waals surface area contributed by atoms with Gasteiger partial charge in [0.25, 0.3) is 15.9 Å². The van der Waals surface area contributed by atoms with Gasteiger partial charge in [-0.1, -0.05) is 12.1 Å². The molecule has 2 amide bonds. The lowest BCUT2D eigenvalue weighted by Gasteiger charge is -2.12. The number of anilines is 3. The quantitative estimate of drug-likeness (QED) is 0.508. The largest absolute Gasteiger partial charge is 0.326 e. The SMILES string of the molecule is CC(=O)Nc1ccc(C)c(NC(=O)c2ccc(S(=O)(=O)Nc3ccc(C)c(C)c3)cc2)c1. The lowest BCUT2D eigenvalue weighted by Crippen LogP contribution is -2.15. The Kier molecular flexibility index (Phi) is 6.64. The van der Waals surface area contributed by atoms with Gasteiger partial charge in [-0.25, -0.2) is 8.42 Å². The number of hydrogen-bond donors (Lipinski definition) is 3. The first-order valence-electron chi connectivity index (χ1n) is 9.95. The number of hydrogen-bond acceptors (Lipinski definition) is 4. The molecule has 32 heavy (non-hydrogen) atoms. The van der Waals surface area contributed by atoms with E-state index in [9.17, 15) is 18.0 Å². The van der Waals surface area contributed by atoms with Crippen LogP contribution in [0.1, 0.15) is 34.0 Å². The molecular formula is C24H25N3O4S. The third-order valence-electron chi connectivity index (χ3n) is 4.99. The van der Waals surface area contributed by atoms with E-state index in [0.29, 0.717) is 22.6 Å². The Morgan fingerprint density at radius 2 is 1.34 bits per heavy atom. The minimum absolute atomic E-state index is 0.0520. The average molecular weight is 452 g/mol. The maximum Gasteiger partial charge on any atom is 0.261 e. The number of benzene rings is 3. The molecule has 0 saturated heterocycles. The first kappa shape index (κ1) is 23.0. The van der Waals surface area contributed by atoms with Crippen LogP contribution in [0, 0.1) is 20.8 Å². The molecule has 3 rings (SSSR count). The van der Waals surface area contributed by atoms with E-state index in [1.54, 1.807) is 30.3 Å². The number of aryl methyl sites for hydroxylation is 3.